The van der Waals surface area contributed by atoms with E-state index in [2.05, 4.69) is 28.0 Å². The van der Waals surface area contributed by atoms with Gasteiger partial charge < -0.3 is 14.8 Å². The molecule has 0 saturated heterocycles. The molecule has 3 rings (SSSR count). The number of hydrogen-bond acceptors (Lipinski definition) is 4. The molecule has 0 aliphatic rings. The van der Waals surface area contributed by atoms with Crippen molar-refractivity contribution in [3.8, 4) is 11.5 Å². The number of fused-ring (bicyclic) bond motifs is 1. The molecule has 138 valence electrons. The van der Waals surface area contributed by atoms with Crippen molar-refractivity contribution in [2.45, 2.75) is 6.92 Å². The molecular weight excluding hydrogens is 358 g/mol. The van der Waals surface area contributed by atoms with Gasteiger partial charge in [0.25, 0.3) is 0 Å². The Bertz CT molecular complexity index is 984. The van der Waals surface area contributed by atoms with Gasteiger partial charge in [0.15, 0.2) is 5.11 Å². The fraction of sp³-hybridized carbons (Fsp3) is 0.143. The number of ether oxygens (including phenoxy) is 2. The van der Waals surface area contributed by atoms with E-state index in [0.717, 1.165) is 39.2 Å². The fourth-order valence-electron chi connectivity index (χ4n) is 2.61. The van der Waals surface area contributed by atoms with Gasteiger partial charge in [-0.2, -0.15) is 5.10 Å². The number of hydrogen-bond donors (Lipinski definition) is 2. The molecule has 27 heavy (non-hydrogen) atoms. The van der Waals surface area contributed by atoms with Crippen molar-refractivity contribution in [2.24, 2.45) is 5.10 Å². The first-order valence-electron chi connectivity index (χ1n) is 8.42. The van der Waals surface area contributed by atoms with Crippen molar-refractivity contribution < 1.29 is 9.47 Å². The van der Waals surface area contributed by atoms with Gasteiger partial charge in [0.2, 0.25) is 0 Å². The summed E-state index contributed by atoms with van der Waals surface area (Å²) in [5.41, 5.74) is 5.60. The van der Waals surface area contributed by atoms with Crippen LogP contribution in [0, 0.1) is 0 Å². The molecule has 0 fully saturated rings. The Morgan fingerprint density at radius 3 is 2.19 bits per heavy atom. The summed E-state index contributed by atoms with van der Waals surface area (Å²) in [7, 11) is 3.30. The number of rotatable bonds is 5. The molecule has 0 aliphatic carbocycles. The lowest BCUT2D eigenvalue weighted by atomic mass is 10.0. The highest BCUT2D eigenvalue weighted by atomic mass is 32.1. The molecule has 0 aliphatic heterocycles. The summed E-state index contributed by atoms with van der Waals surface area (Å²) >= 11 is 5.30. The molecule has 0 saturated carbocycles. The van der Waals surface area contributed by atoms with E-state index < -0.39 is 0 Å². The monoisotopic (exact) mass is 379 g/mol. The van der Waals surface area contributed by atoms with Crippen LogP contribution in [0.1, 0.15) is 12.5 Å². The van der Waals surface area contributed by atoms with E-state index in [4.69, 9.17) is 21.7 Å². The fourth-order valence-corrected chi connectivity index (χ4v) is 2.77. The summed E-state index contributed by atoms with van der Waals surface area (Å²) < 4.78 is 10.4. The largest absolute Gasteiger partial charge is 0.497 e. The zero-order valence-corrected chi connectivity index (χ0v) is 16.3. The third-order valence-electron chi connectivity index (χ3n) is 4.14. The number of benzene rings is 3. The van der Waals surface area contributed by atoms with E-state index >= 15 is 0 Å². The Balaban J connectivity index is 1.67. The highest BCUT2D eigenvalue weighted by molar-refractivity contribution is 7.80. The van der Waals surface area contributed by atoms with Crippen molar-refractivity contribution in [1.82, 2.24) is 5.43 Å². The maximum Gasteiger partial charge on any atom is 0.191 e. The number of nitrogens with one attached hydrogen (secondary N) is 2. The lowest BCUT2D eigenvalue weighted by molar-refractivity contribution is 0.415. The molecule has 2 N–H and O–H groups in total. The van der Waals surface area contributed by atoms with E-state index in [-0.39, 0.29) is 0 Å². The number of thiocarbonyl (C=S) groups is 1. The summed E-state index contributed by atoms with van der Waals surface area (Å²) in [4.78, 5) is 0. The predicted octanol–water partition coefficient (Wildman–Crippen LogP) is 4.57. The molecule has 0 spiro atoms. The lowest BCUT2D eigenvalue weighted by Gasteiger charge is -2.09. The SMILES string of the molecule is COc1ccc(NC(=S)N/N=C(\C)c2ccc3cc(OC)ccc3c2)cc1. The summed E-state index contributed by atoms with van der Waals surface area (Å²) in [6.45, 7) is 1.94. The molecule has 0 amide bonds. The van der Waals surface area contributed by atoms with Gasteiger partial charge in [-0.1, -0.05) is 18.2 Å². The summed E-state index contributed by atoms with van der Waals surface area (Å²) in [6, 6.07) is 19.7. The van der Waals surface area contributed by atoms with E-state index in [1.54, 1.807) is 14.2 Å². The van der Waals surface area contributed by atoms with E-state index in [1.807, 2.05) is 55.5 Å². The zero-order valence-electron chi connectivity index (χ0n) is 15.4. The molecular formula is C21H21N3O2S. The van der Waals surface area contributed by atoms with Crippen LogP contribution in [0.4, 0.5) is 5.69 Å². The molecule has 0 radical (unpaired) electrons. The first-order chi connectivity index (χ1) is 13.1. The van der Waals surface area contributed by atoms with Crippen molar-refractivity contribution >= 4 is 39.5 Å². The van der Waals surface area contributed by atoms with Gasteiger partial charge in [-0.05, 0) is 77.9 Å². The first-order valence-corrected chi connectivity index (χ1v) is 8.83. The van der Waals surface area contributed by atoms with Crippen LogP contribution in [-0.4, -0.2) is 25.0 Å². The maximum absolute atomic E-state index is 5.30. The van der Waals surface area contributed by atoms with Crippen LogP contribution < -0.4 is 20.2 Å². The molecule has 0 atom stereocenters. The number of anilines is 1. The second-order valence-electron chi connectivity index (χ2n) is 5.92. The molecule has 3 aromatic rings. The average Bonchev–Trinajstić information content (AvgIpc) is 2.71. The molecule has 6 heteroatoms. The van der Waals surface area contributed by atoms with Crippen LogP contribution in [0.25, 0.3) is 10.8 Å². The predicted molar refractivity (Wildman–Crippen MR) is 115 cm³/mol. The number of hydrazone groups is 1. The second kappa shape index (κ2) is 8.51. The van der Waals surface area contributed by atoms with E-state index in [9.17, 15) is 0 Å². The average molecular weight is 379 g/mol. The minimum Gasteiger partial charge on any atom is -0.497 e. The first kappa shape index (κ1) is 18.7. The van der Waals surface area contributed by atoms with Gasteiger partial charge in [-0.25, -0.2) is 0 Å². The Morgan fingerprint density at radius 1 is 0.852 bits per heavy atom. The van der Waals surface area contributed by atoms with Crippen molar-refractivity contribution in [3.05, 3.63) is 66.2 Å². The second-order valence-corrected chi connectivity index (χ2v) is 6.33. The summed E-state index contributed by atoms with van der Waals surface area (Å²) in [5, 5.41) is 10.1. The topological polar surface area (TPSA) is 54.9 Å². The van der Waals surface area contributed by atoms with Crippen molar-refractivity contribution in [3.63, 3.8) is 0 Å². The zero-order chi connectivity index (χ0) is 19.2. The Morgan fingerprint density at radius 2 is 1.48 bits per heavy atom. The van der Waals surface area contributed by atoms with Crippen LogP contribution in [0.3, 0.4) is 0 Å². The molecule has 0 unspecified atom stereocenters. The van der Waals surface area contributed by atoms with Gasteiger partial charge in [0, 0.05) is 5.69 Å². The Hall–Kier alpha value is -3.12. The highest BCUT2D eigenvalue weighted by Crippen LogP contribution is 2.22. The van der Waals surface area contributed by atoms with Crippen LogP contribution in [-0.2, 0) is 0 Å². The van der Waals surface area contributed by atoms with Gasteiger partial charge in [0.1, 0.15) is 11.5 Å². The summed E-state index contributed by atoms with van der Waals surface area (Å²) in [5.74, 6) is 1.64. The van der Waals surface area contributed by atoms with E-state index in [0.29, 0.717) is 5.11 Å². The molecule has 0 heterocycles. The number of methoxy groups -OCH3 is 2. The number of nitrogens with zero attached hydrogens (tertiary/aromatic N) is 1. The third kappa shape index (κ3) is 4.74. The van der Waals surface area contributed by atoms with Crippen LogP contribution in [0.15, 0.2) is 65.8 Å². The van der Waals surface area contributed by atoms with Gasteiger partial charge in [-0.3, -0.25) is 5.43 Å². The van der Waals surface area contributed by atoms with Gasteiger partial charge in [0.05, 0.1) is 19.9 Å². The normalized spacial score (nSPS) is 11.1. The third-order valence-corrected chi connectivity index (χ3v) is 4.33. The highest BCUT2D eigenvalue weighted by Gasteiger charge is 2.03. The van der Waals surface area contributed by atoms with Gasteiger partial charge in [-0.15, -0.1) is 0 Å². The smallest absolute Gasteiger partial charge is 0.191 e. The van der Waals surface area contributed by atoms with E-state index in [1.165, 1.54) is 0 Å². The minimum atomic E-state index is 0.421. The molecule has 5 nitrogen and oxygen atoms in total. The lowest BCUT2D eigenvalue weighted by Crippen LogP contribution is -2.24. The Kier molecular flexibility index (Phi) is 5.88. The quantitative estimate of drug-likeness (QED) is 0.386. The van der Waals surface area contributed by atoms with Crippen molar-refractivity contribution in [2.75, 3.05) is 19.5 Å². The standard InChI is InChI=1S/C21H21N3O2S/c1-14(15-4-5-17-13-20(26-3)9-6-16(17)12-15)23-24-21(27)22-18-7-10-19(25-2)11-8-18/h4-13H,1-3H3,(H2,22,24,27)/b23-14+. The minimum absolute atomic E-state index is 0.421. The van der Waals surface area contributed by atoms with Gasteiger partial charge >= 0.3 is 0 Å². The van der Waals surface area contributed by atoms with Crippen LogP contribution in [0.5, 0.6) is 11.5 Å². The summed E-state index contributed by atoms with van der Waals surface area (Å²) in [6.07, 6.45) is 0. The van der Waals surface area contributed by atoms with Crippen LogP contribution >= 0.6 is 12.2 Å². The molecule has 3 aromatic carbocycles. The molecule has 0 aromatic heterocycles. The van der Waals surface area contributed by atoms with Crippen LogP contribution in [0.2, 0.25) is 0 Å². The molecule has 0 bridgehead atoms. The van der Waals surface area contributed by atoms with Crippen molar-refractivity contribution in [1.29, 1.82) is 0 Å². The maximum atomic E-state index is 5.30. The Labute approximate surface area is 164 Å².